The number of nitrogens with one attached hydrogen (secondary N) is 1. The van der Waals surface area contributed by atoms with Crippen LogP contribution in [0.15, 0.2) is 25.2 Å². The van der Waals surface area contributed by atoms with Crippen molar-refractivity contribution in [1.82, 2.24) is 19.9 Å². The average molecular weight is 339 g/mol. The molecule has 1 N–H and O–H groups in total. The highest BCUT2D eigenvalue weighted by molar-refractivity contribution is 6.09. The third kappa shape index (κ3) is 2.50. The second-order valence-corrected chi connectivity index (χ2v) is 6.77. The highest BCUT2D eigenvalue weighted by Crippen LogP contribution is 2.37. The summed E-state index contributed by atoms with van der Waals surface area (Å²) in [5.74, 6) is 1.30. The van der Waals surface area contributed by atoms with Crippen molar-refractivity contribution in [1.29, 1.82) is 0 Å². The van der Waals surface area contributed by atoms with Crippen LogP contribution in [0.2, 0.25) is 0 Å². The van der Waals surface area contributed by atoms with Gasteiger partial charge in [0, 0.05) is 31.4 Å². The number of likely N-dealkylation sites (tertiary alicyclic amines) is 1. The van der Waals surface area contributed by atoms with E-state index in [9.17, 15) is 9.59 Å². The second kappa shape index (κ2) is 5.98. The van der Waals surface area contributed by atoms with Gasteiger partial charge in [0.25, 0.3) is 0 Å². The van der Waals surface area contributed by atoms with E-state index in [4.69, 9.17) is 0 Å². The maximum absolute atomic E-state index is 12.0. The maximum atomic E-state index is 12.0. The van der Waals surface area contributed by atoms with Gasteiger partial charge in [-0.1, -0.05) is 6.58 Å². The minimum atomic E-state index is -0.0239. The lowest BCUT2D eigenvalue weighted by Gasteiger charge is -2.38. The summed E-state index contributed by atoms with van der Waals surface area (Å²) >= 11 is 0. The Balaban J connectivity index is 1.73. The Hall–Kier alpha value is -2.70. The lowest BCUT2D eigenvalue weighted by molar-refractivity contribution is -0.127. The smallest absolute Gasteiger partial charge is 0.246 e. The Labute approximate surface area is 145 Å². The molecule has 25 heavy (non-hydrogen) atoms. The summed E-state index contributed by atoms with van der Waals surface area (Å²) in [5.41, 5.74) is 1.29. The van der Waals surface area contributed by atoms with Crippen LogP contribution in [-0.4, -0.2) is 57.2 Å². The predicted molar refractivity (Wildman–Crippen MR) is 94.5 cm³/mol. The molecule has 2 atom stereocenters. The van der Waals surface area contributed by atoms with E-state index in [1.807, 2.05) is 4.90 Å². The van der Waals surface area contributed by atoms with Crippen molar-refractivity contribution in [2.45, 2.75) is 25.8 Å². The fraction of sp³-hybridized carbons (Fsp3) is 0.444. The molecule has 2 fully saturated rings. The molecule has 2 aromatic rings. The van der Waals surface area contributed by atoms with Crippen LogP contribution in [-0.2, 0) is 4.79 Å². The molecule has 0 saturated carbocycles. The number of rotatable bonds is 3. The van der Waals surface area contributed by atoms with Gasteiger partial charge in [-0.3, -0.25) is 9.59 Å². The van der Waals surface area contributed by atoms with Crippen molar-refractivity contribution < 1.29 is 9.59 Å². The van der Waals surface area contributed by atoms with Crippen LogP contribution in [0.4, 0.5) is 5.82 Å². The zero-order chi connectivity index (χ0) is 17.6. The van der Waals surface area contributed by atoms with Crippen LogP contribution in [0.3, 0.4) is 0 Å². The fourth-order valence-corrected chi connectivity index (χ4v) is 4.17. The van der Waals surface area contributed by atoms with E-state index in [0.29, 0.717) is 23.7 Å². The largest absolute Gasteiger partial charge is 0.351 e. The van der Waals surface area contributed by atoms with E-state index < -0.39 is 0 Å². The molecule has 0 aromatic carbocycles. The molecule has 2 aliphatic rings. The van der Waals surface area contributed by atoms with Crippen molar-refractivity contribution in [3.05, 3.63) is 30.7 Å². The van der Waals surface area contributed by atoms with Gasteiger partial charge in [-0.2, -0.15) is 0 Å². The van der Waals surface area contributed by atoms with E-state index in [2.05, 4.69) is 26.4 Å². The third-order valence-corrected chi connectivity index (χ3v) is 5.45. The van der Waals surface area contributed by atoms with E-state index in [-0.39, 0.29) is 17.7 Å². The highest BCUT2D eigenvalue weighted by Gasteiger charge is 2.40. The lowest BCUT2D eigenvalue weighted by atomic mass is 9.92. The predicted octanol–water partition coefficient (Wildman–Crippen LogP) is 1.77. The number of Topliss-reactive ketones (excluding diaryl/α,β-unsaturated/α-hetero) is 1. The molecule has 2 saturated heterocycles. The number of H-pyrrole nitrogens is 1. The number of hydrogen-bond donors (Lipinski definition) is 1. The number of aromatic amines is 1. The third-order valence-electron chi connectivity index (χ3n) is 5.45. The van der Waals surface area contributed by atoms with E-state index in [1.54, 1.807) is 13.1 Å². The summed E-state index contributed by atoms with van der Waals surface area (Å²) in [6.45, 7) is 7.47. The molecular weight excluding hydrogens is 318 g/mol. The first-order valence-corrected chi connectivity index (χ1v) is 8.61. The number of hydrogen-bond acceptors (Lipinski definition) is 5. The van der Waals surface area contributed by atoms with Crippen LogP contribution < -0.4 is 4.90 Å². The Morgan fingerprint density at radius 2 is 2.12 bits per heavy atom. The summed E-state index contributed by atoms with van der Waals surface area (Å²) in [6, 6.07) is 0.213. The van der Waals surface area contributed by atoms with Crippen molar-refractivity contribution >= 4 is 28.5 Å². The van der Waals surface area contributed by atoms with Crippen LogP contribution >= 0.6 is 0 Å². The van der Waals surface area contributed by atoms with Crippen molar-refractivity contribution in [2.24, 2.45) is 5.92 Å². The number of anilines is 1. The quantitative estimate of drug-likeness (QED) is 0.681. The number of piperidine rings is 1. The molecule has 7 heteroatoms. The van der Waals surface area contributed by atoms with Gasteiger partial charge < -0.3 is 14.8 Å². The normalized spacial score (nSPS) is 22.9. The molecule has 0 radical (unpaired) electrons. The maximum Gasteiger partial charge on any atom is 0.246 e. The first-order chi connectivity index (χ1) is 12.1. The van der Waals surface area contributed by atoms with Crippen molar-refractivity contribution in [3.63, 3.8) is 0 Å². The van der Waals surface area contributed by atoms with Gasteiger partial charge in [-0.05, 0) is 31.8 Å². The first-order valence-electron chi connectivity index (χ1n) is 8.61. The number of amides is 1. The number of ketones is 1. The molecule has 130 valence electrons. The van der Waals surface area contributed by atoms with Gasteiger partial charge in [0.05, 0.1) is 11.4 Å². The number of carbonyl (C=O) groups excluding carboxylic acids is 2. The lowest BCUT2D eigenvalue weighted by Crippen LogP contribution is -2.50. The van der Waals surface area contributed by atoms with Gasteiger partial charge in [0.1, 0.15) is 17.8 Å². The molecule has 2 aromatic heterocycles. The molecule has 0 aliphatic carbocycles. The van der Waals surface area contributed by atoms with Gasteiger partial charge in [-0.25, -0.2) is 9.97 Å². The van der Waals surface area contributed by atoms with Crippen LogP contribution in [0.1, 0.15) is 30.1 Å². The molecule has 0 unspecified atom stereocenters. The molecule has 0 spiro atoms. The molecule has 4 heterocycles. The van der Waals surface area contributed by atoms with Crippen molar-refractivity contribution in [2.75, 3.05) is 24.5 Å². The molecule has 1 amide bonds. The number of aromatic nitrogens is 3. The van der Waals surface area contributed by atoms with E-state index in [0.717, 1.165) is 37.1 Å². The Morgan fingerprint density at radius 3 is 2.88 bits per heavy atom. The van der Waals surface area contributed by atoms with Gasteiger partial charge in [0.2, 0.25) is 5.91 Å². The van der Waals surface area contributed by atoms with Crippen LogP contribution in [0, 0.1) is 5.92 Å². The molecular formula is C18H21N5O2. The summed E-state index contributed by atoms with van der Waals surface area (Å²) in [6.07, 6.45) is 6.67. The zero-order valence-corrected chi connectivity index (χ0v) is 14.2. The van der Waals surface area contributed by atoms with Gasteiger partial charge in [-0.15, -0.1) is 0 Å². The molecule has 2 aliphatic heterocycles. The summed E-state index contributed by atoms with van der Waals surface area (Å²) in [7, 11) is 0. The van der Waals surface area contributed by atoms with E-state index >= 15 is 0 Å². The number of nitrogens with zero attached hydrogens (tertiary/aromatic N) is 4. The van der Waals surface area contributed by atoms with E-state index in [1.165, 1.54) is 12.4 Å². The Kier molecular flexibility index (Phi) is 3.78. The second-order valence-electron chi connectivity index (χ2n) is 6.77. The minimum Gasteiger partial charge on any atom is -0.351 e. The summed E-state index contributed by atoms with van der Waals surface area (Å²) < 4.78 is 0. The fourth-order valence-electron chi connectivity index (χ4n) is 4.17. The first kappa shape index (κ1) is 15.8. The Morgan fingerprint density at radius 1 is 1.32 bits per heavy atom. The molecule has 0 bridgehead atoms. The highest BCUT2D eigenvalue weighted by atomic mass is 16.2. The van der Waals surface area contributed by atoms with Crippen LogP contribution in [0.5, 0.6) is 0 Å². The van der Waals surface area contributed by atoms with Gasteiger partial charge in [0.15, 0.2) is 5.78 Å². The summed E-state index contributed by atoms with van der Waals surface area (Å²) in [4.78, 5) is 39.9. The summed E-state index contributed by atoms with van der Waals surface area (Å²) in [5, 5.41) is 0.780. The van der Waals surface area contributed by atoms with Crippen LogP contribution in [0.25, 0.3) is 11.0 Å². The topological polar surface area (TPSA) is 82.2 Å². The average Bonchev–Trinajstić information content (AvgIpc) is 3.24. The SMILES string of the molecule is C=CC(=O)N1CC[C@@H]2CCN(c3ncnc4[nH]cc(C(C)=O)c34)[C@H]2C1. The van der Waals surface area contributed by atoms with Gasteiger partial charge >= 0.3 is 0 Å². The number of carbonyl (C=O) groups is 2. The minimum absolute atomic E-state index is 0.00912. The standard InChI is InChI=1S/C18H21N5O2/c1-3-15(25)22-6-4-12-5-7-23(14(12)9-22)18-16-13(11(2)24)8-19-17(16)20-10-21-18/h3,8,10,12,14H,1,4-7,9H2,2H3,(H,19,20,21)/t12-,14+/m1/s1. The molecule has 4 rings (SSSR count). The number of fused-ring (bicyclic) bond motifs is 2. The monoisotopic (exact) mass is 339 g/mol. The van der Waals surface area contributed by atoms with Crippen molar-refractivity contribution in [3.8, 4) is 0 Å². The molecule has 7 nitrogen and oxygen atoms in total. The zero-order valence-electron chi connectivity index (χ0n) is 14.2. The Bertz CT molecular complexity index is 858.